The van der Waals surface area contributed by atoms with Crippen molar-refractivity contribution >= 4 is 38.9 Å². The van der Waals surface area contributed by atoms with Crippen molar-refractivity contribution in [3.05, 3.63) is 87.3 Å². The third-order valence-corrected chi connectivity index (χ3v) is 9.56. The zero-order chi connectivity index (χ0) is 22.7. The maximum Gasteiger partial charge on any atom is 0.252 e. The predicted molar refractivity (Wildman–Crippen MR) is 129 cm³/mol. The van der Waals surface area contributed by atoms with Gasteiger partial charge < -0.3 is 5.73 Å². The van der Waals surface area contributed by atoms with Crippen LogP contribution in [0.3, 0.4) is 0 Å². The average molecular weight is 489 g/mol. The normalized spacial score (nSPS) is 15.7. The Morgan fingerprint density at radius 3 is 2.47 bits per heavy atom. The molecule has 0 radical (unpaired) electrons. The van der Waals surface area contributed by atoms with E-state index in [2.05, 4.69) is 12.1 Å². The number of carbonyl (C=O) groups excluding carboxylic acids is 1. The predicted octanol–water partition coefficient (Wildman–Crippen LogP) is 4.73. The fraction of sp³-hybridized carbons (Fsp3) is 0.292. The van der Waals surface area contributed by atoms with Crippen molar-refractivity contribution in [1.29, 1.82) is 0 Å². The van der Waals surface area contributed by atoms with Crippen LogP contribution >= 0.6 is 22.9 Å². The molecule has 2 N–H and O–H groups in total. The number of nitrogens with two attached hydrogens (primary N) is 1. The minimum absolute atomic E-state index is 0.330. The highest BCUT2D eigenvalue weighted by molar-refractivity contribution is 7.91. The number of amides is 1. The van der Waals surface area contributed by atoms with E-state index >= 15 is 0 Å². The summed E-state index contributed by atoms with van der Waals surface area (Å²) < 4.78 is 28.3. The lowest BCUT2D eigenvalue weighted by Crippen LogP contribution is -2.38. The van der Waals surface area contributed by atoms with E-state index in [9.17, 15) is 13.2 Å². The van der Waals surface area contributed by atoms with Crippen molar-refractivity contribution in [2.24, 2.45) is 11.7 Å². The summed E-state index contributed by atoms with van der Waals surface area (Å²) in [5.41, 5.74) is 7.86. The molecule has 0 bridgehead atoms. The van der Waals surface area contributed by atoms with Gasteiger partial charge in [-0.15, -0.1) is 11.3 Å². The van der Waals surface area contributed by atoms with Crippen LogP contribution in [0.2, 0.25) is 5.02 Å². The lowest BCUT2D eigenvalue weighted by atomic mass is 9.91. The van der Waals surface area contributed by atoms with Crippen molar-refractivity contribution < 1.29 is 13.2 Å². The number of rotatable bonds is 7. The van der Waals surface area contributed by atoms with E-state index in [0.717, 1.165) is 24.1 Å². The maximum absolute atomic E-state index is 13.2. The molecule has 5 nitrogen and oxygen atoms in total. The molecule has 1 fully saturated rings. The van der Waals surface area contributed by atoms with Gasteiger partial charge in [-0.1, -0.05) is 41.9 Å². The van der Waals surface area contributed by atoms with Gasteiger partial charge in [-0.05, 0) is 66.6 Å². The van der Waals surface area contributed by atoms with Gasteiger partial charge >= 0.3 is 0 Å². The molecule has 3 aromatic rings. The molecule has 0 aliphatic carbocycles. The lowest BCUT2D eigenvalue weighted by molar-refractivity contribution is 0.0999. The second-order valence-electron chi connectivity index (χ2n) is 8.10. The van der Waals surface area contributed by atoms with Crippen molar-refractivity contribution in [3.63, 3.8) is 0 Å². The Labute approximate surface area is 197 Å². The number of sulfonamides is 1. The Hall–Kier alpha value is -2.19. The Balaban J connectivity index is 1.43. The van der Waals surface area contributed by atoms with Crippen LogP contribution in [0.5, 0.6) is 0 Å². The van der Waals surface area contributed by atoms with Gasteiger partial charge in [0.25, 0.3) is 10.0 Å². The second kappa shape index (κ2) is 9.75. The minimum atomic E-state index is -3.53. The number of hydrogen-bond donors (Lipinski definition) is 1. The first-order valence-electron chi connectivity index (χ1n) is 10.5. The molecule has 1 amide bonds. The van der Waals surface area contributed by atoms with Gasteiger partial charge in [-0.2, -0.15) is 4.31 Å². The van der Waals surface area contributed by atoms with E-state index < -0.39 is 15.9 Å². The highest BCUT2D eigenvalue weighted by Crippen LogP contribution is 2.31. The summed E-state index contributed by atoms with van der Waals surface area (Å²) in [4.78, 5) is 12.6. The van der Waals surface area contributed by atoms with Gasteiger partial charge in [-0.3, -0.25) is 4.79 Å². The zero-order valence-electron chi connectivity index (χ0n) is 17.5. The van der Waals surface area contributed by atoms with Gasteiger partial charge in [0.15, 0.2) is 0 Å². The zero-order valence-corrected chi connectivity index (χ0v) is 19.9. The second-order valence-corrected chi connectivity index (χ2v) is 11.9. The largest absolute Gasteiger partial charge is 0.366 e. The van der Waals surface area contributed by atoms with E-state index in [-0.39, 0.29) is 0 Å². The molecule has 32 heavy (non-hydrogen) atoms. The smallest absolute Gasteiger partial charge is 0.252 e. The number of thiophene rings is 1. The van der Waals surface area contributed by atoms with Crippen molar-refractivity contribution in [3.8, 4) is 0 Å². The molecule has 4 rings (SSSR count). The molecule has 0 atom stereocenters. The Kier molecular flexibility index (Phi) is 7.00. The summed E-state index contributed by atoms with van der Waals surface area (Å²) in [6.45, 7) is 1.07. The van der Waals surface area contributed by atoms with Gasteiger partial charge in [0.1, 0.15) is 4.21 Å². The molecular weight excluding hydrogens is 464 g/mol. The van der Waals surface area contributed by atoms with E-state index in [1.165, 1.54) is 16.9 Å². The molecule has 8 heteroatoms. The number of piperidine rings is 1. The lowest BCUT2D eigenvalue weighted by Gasteiger charge is -2.30. The number of halogens is 1. The van der Waals surface area contributed by atoms with Crippen molar-refractivity contribution in [2.75, 3.05) is 13.1 Å². The molecule has 1 aromatic heterocycles. The Morgan fingerprint density at radius 2 is 1.78 bits per heavy atom. The van der Waals surface area contributed by atoms with Gasteiger partial charge in [-0.25, -0.2) is 8.42 Å². The van der Waals surface area contributed by atoms with Crippen LogP contribution in [0.15, 0.2) is 64.9 Å². The third-order valence-electron chi connectivity index (χ3n) is 5.87. The van der Waals surface area contributed by atoms with Crippen LogP contribution in [0.1, 0.15) is 39.2 Å². The van der Waals surface area contributed by atoms with Crippen LogP contribution in [0.4, 0.5) is 0 Å². The van der Waals surface area contributed by atoms with E-state index in [1.54, 1.807) is 34.6 Å². The van der Waals surface area contributed by atoms with Crippen LogP contribution < -0.4 is 5.73 Å². The van der Waals surface area contributed by atoms with Gasteiger partial charge in [0, 0.05) is 35.0 Å². The molecule has 0 saturated carbocycles. The average Bonchev–Trinajstić information content (AvgIpc) is 3.24. The first-order chi connectivity index (χ1) is 15.3. The van der Waals surface area contributed by atoms with Crippen molar-refractivity contribution in [2.45, 2.75) is 29.9 Å². The summed E-state index contributed by atoms with van der Waals surface area (Å²) in [6.07, 6.45) is 3.10. The van der Waals surface area contributed by atoms with Gasteiger partial charge in [0.2, 0.25) is 5.91 Å². The highest BCUT2D eigenvalue weighted by Gasteiger charge is 2.30. The number of hydrogen-bond acceptors (Lipinski definition) is 4. The number of benzene rings is 2. The highest BCUT2D eigenvalue weighted by atomic mass is 35.5. The fourth-order valence-corrected chi connectivity index (χ4v) is 7.35. The SMILES string of the molecule is NC(=O)c1ccc(Cl)cc1Cc1ccc(S(=O)(=O)N2CCC(Cc3ccccc3)CC2)s1. The van der Waals surface area contributed by atoms with E-state index in [0.29, 0.717) is 45.8 Å². The Bertz CT molecular complexity index is 1200. The molecule has 1 saturated heterocycles. The van der Waals surface area contributed by atoms with Crippen LogP contribution in [-0.4, -0.2) is 31.7 Å². The Morgan fingerprint density at radius 1 is 1.06 bits per heavy atom. The quantitative estimate of drug-likeness (QED) is 0.521. The first-order valence-corrected chi connectivity index (χ1v) is 13.2. The molecule has 168 valence electrons. The molecule has 1 aliphatic rings. The standard InChI is InChI=1S/C24H25ClN2O3S2/c25-20-6-8-22(24(26)28)19(15-20)16-21-7-9-23(31-21)32(29,30)27-12-10-18(11-13-27)14-17-4-2-1-3-5-17/h1-9,15,18H,10-14,16H2,(H2,26,28). The number of primary amides is 1. The number of carbonyl (C=O) groups is 1. The maximum atomic E-state index is 13.2. The topological polar surface area (TPSA) is 80.5 Å². The summed E-state index contributed by atoms with van der Waals surface area (Å²) in [5.74, 6) is -0.0303. The monoisotopic (exact) mass is 488 g/mol. The molecule has 0 unspecified atom stereocenters. The van der Waals surface area contributed by atoms with Crippen LogP contribution in [-0.2, 0) is 22.9 Å². The molecule has 2 aromatic carbocycles. The third kappa shape index (κ3) is 5.23. The first kappa shape index (κ1) is 23.0. The van der Waals surface area contributed by atoms with Gasteiger partial charge in [0.05, 0.1) is 0 Å². The molecule has 1 aliphatic heterocycles. The summed E-state index contributed by atoms with van der Waals surface area (Å²) in [5, 5.41) is 0.507. The molecule has 0 spiro atoms. The van der Waals surface area contributed by atoms with Crippen molar-refractivity contribution in [1.82, 2.24) is 4.31 Å². The summed E-state index contributed by atoms with van der Waals surface area (Å²) in [7, 11) is -3.53. The molecular formula is C24H25ClN2O3S2. The summed E-state index contributed by atoms with van der Waals surface area (Å²) in [6, 6.07) is 18.7. The van der Waals surface area contributed by atoms with E-state index in [1.807, 2.05) is 18.2 Å². The van der Waals surface area contributed by atoms with E-state index in [4.69, 9.17) is 17.3 Å². The number of nitrogens with zero attached hydrogens (tertiary/aromatic N) is 1. The summed E-state index contributed by atoms with van der Waals surface area (Å²) >= 11 is 7.31. The fourth-order valence-electron chi connectivity index (χ4n) is 4.16. The minimum Gasteiger partial charge on any atom is -0.366 e. The molecule has 2 heterocycles. The van der Waals surface area contributed by atoms with Crippen LogP contribution in [0.25, 0.3) is 0 Å². The van der Waals surface area contributed by atoms with Crippen LogP contribution in [0, 0.1) is 5.92 Å².